The zero-order chi connectivity index (χ0) is 19.8. The highest BCUT2D eigenvalue weighted by molar-refractivity contribution is 5.74. The Morgan fingerprint density at radius 1 is 1.14 bits per heavy atom. The molecule has 0 saturated carbocycles. The summed E-state index contributed by atoms with van der Waals surface area (Å²) in [6.07, 6.45) is 10.8. The molecule has 1 aliphatic heterocycles. The Hall–Kier alpha value is -3.55. The number of aldehydes is 1. The molecule has 8 heteroatoms. The van der Waals surface area contributed by atoms with Crippen molar-refractivity contribution in [3.8, 4) is 11.3 Å². The van der Waals surface area contributed by atoms with Crippen LogP contribution in [0.2, 0.25) is 0 Å². The normalized spacial score (nSPS) is 14.0. The first kappa shape index (κ1) is 17.5. The molecule has 0 spiro atoms. The second kappa shape index (κ2) is 7.12. The first-order valence-corrected chi connectivity index (χ1v) is 9.74. The fraction of sp³-hybridized carbons (Fsp3) is 0.286. The Labute approximate surface area is 167 Å². The van der Waals surface area contributed by atoms with Crippen molar-refractivity contribution in [3.63, 3.8) is 0 Å². The molecule has 0 unspecified atom stereocenters. The molecule has 29 heavy (non-hydrogen) atoms. The minimum Gasteiger partial charge on any atom is -0.370 e. The van der Waals surface area contributed by atoms with Crippen LogP contribution >= 0.6 is 0 Å². The minimum absolute atomic E-state index is 0.503. The Balaban J connectivity index is 1.41. The van der Waals surface area contributed by atoms with Crippen LogP contribution in [-0.2, 0) is 6.54 Å². The Morgan fingerprint density at radius 2 is 2.00 bits per heavy atom. The van der Waals surface area contributed by atoms with Crippen LogP contribution in [0.25, 0.3) is 16.9 Å². The van der Waals surface area contributed by atoms with E-state index in [1.807, 2.05) is 36.0 Å². The van der Waals surface area contributed by atoms with Crippen molar-refractivity contribution >= 4 is 17.6 Å². The largest absolute Gasteiger partial charge is 0.370 e. The van der Waals surface area contributed by atoms with Crippen LogP contribution in [-0.4, -0.2) is 48.7 Å². The number of anilines is 1. The number of aryl methyl sites for hydroxylation is 1. The van der Waals surface area contributed by atoms with E-state index in [2.05, 4.69) is 31.2 Å². The average molecular weight is 387 g/mol. The summed E-state index contributed by atoms with van der Waals surface area (Å²) in [6, 6.07) is 5.75. The zero-order valence-corrected chi connectivity index (χ0v) is 16.2. The number of carbonyl (C=O) groups is 1. The Kier molecular flexibility index (Phi) is 4.31. The second-order valence-corrected chi connectivity index (χ2v) is 7.40. The number of fused-ring (bicyclic) bond motifs is 1. The fourth-order valence-electron chi connectivity index (χ4n) is 3.80. The van der Waals surface area contributed by atoms with Crippen molar-refractivity contribution in [2.45, 2.75) is 26.3 Å². The lowest BCUT2D eigenvalue weighted by Gasteiger charge is -2.18. The summed E-state index contributed by atoms with van der Waals surface area (Å²) < 4.78 is 3.63. The number of rotatable bonds is 5. The predicted molar refractivity (Wildman–Crippen MR) is 109 cm³/mol. The molecule has 1 aliphatic rings. The van der Waals surface area contributed by atoms with E-state index < -0.39 is 0 Å². The lowest BCUT2D eigenvalue weighted by Crippen LogP contribution is -2.17. The van der Waals surface area contributed by atoms with Gasteiger partial charge in [0.25, 0.3) is 0 Å². The number of pyridine rings is 2. The summed E-state index contributed by atoms with van der Waals surface area (Å²) >= 11 is 0. The molecule has 0 atom stereocenters. The Bertz CT molecular complexity index is 1190. The topological polar surface area (TPSA) is 81.2 Å². The van der Waals surface area contributed by atoms with Crippen molar-refractivity contribution in [2.24, 2.45) is 0 Å². The van der Waals surface area contributed by atoms with E-state index in [1.165, 1.54) is 12.8 Å². The van der Waals surface area contributed by atoms with E-state index in [1.54, 1.807) is 16.9 Å². The molecule has 0 aliphatic carbocycles. The molecule has 0 radical (unpaired) electrons. The Morgan fingerprint density at radius 3 is 2.83 bits per heavy atom. The van der Waals surface area contributed by atoms with Gasteiger partial charge >= 0.3 is 0 Å². The molecule has 4 aromatic rings. The van der Waals surface area contributed by atoms with Gasteiger partial charge in [-0.1, -0.05) is 5.21 Å². The molecule has 5 heterocycles. The molecule has 0 aromatic carbocycles. The molecule has 0 bridgehead atoms. The summed E-state index contributed by atoms with van der Waals surface area (Å²) in [5.74, 6) is 0. The van der Waals surface area contributed by atoms with Crippen molar-refractivity contribution < 1.29 is 4.79 Å². The van der Waals surface area contributed by atoms with Crippen LogP contribution in [0.4, 0.5) is 5.69 Å². The van der Waals surface area contributed by atoms with Gasteiger partial charge in [-0.3, -0.25) is 9.78 Å². The molecule has 0 N–H and O–H groups in total. The lowest BCUT2D eigenvalue weighted by molar-refractivity contribution is 0.112. The summed E-state index contributed by atoms with van der Waals surface area (Å²) in [6.45, 7) is 4.66. The van der Waals surface area contributed by atoms with Gasteiger partial charge in [-0.2, -0.15) is 0 Å². The predicted octanol–water partition coefficient (Wildman–Crippen LogP) is 2.76. The lowest BCUT2D eigenvalue weighted by atomic mass is 10.1. The first-order chi connectivity index (χ1) is 14.2. The average Bonchev–Trinajstić information content (AvgIpc) is 3.48. The highest BCUT2D eigenvalue weighted by Gasteiger charge is 2.16. The maximum atomic E-state index is 11.0. The van der Waals surface area contributed by atoms with Crippen LogP contribution in [0.15, 0.2) is 43.0 Å². The standard InChI is InChI=1S/C21H21N7O/c1-15-19(8-18(9-22-15)26-6-2-3-7-26)20-13-28(25-24-20)12-17-11-27-10-16(14-29)4-5-21(27)23-17/h4-5,8-11,13-14H,2-3,6-7,12H2,1H3. The summed E-state index contributed by atoms with van der Waals surface area (Å²) in [5, 5.41) is 8.65. The third-order valence-corrected chi connectivity index (χ3v) is 5.34. The molecule has 8 nitrogen and oxygen atoms in total. The molecular formula is C21H21N7O. The number of imidazole rings is 1. The third-order valence-electron chi connectivity index (χ3n) is 5.34. The van der Waals surface area contributed by atoms with E-state index in [9.17, 15) is 4.79 Å². The van der Waals surface area contributed by atoms with Crippen LogP contribution < -0.4 is 4.90 Å². The molecule has 4 aromatic heterocycles. The molecular weight excluding hydrogens is 366 g/mol. The summed E-state index contributed by atoms with van der Waals surface area (Å²) in [5.41, 5.74) is 6.16. The van der Waals surface area contributed by atoms with Gasteiger partial charge in [0.05, 0.1) is 30.3 Å². The number of aromatic nitrogens is 6. The van der Waals surface area contributed by atoms with Gasteiger partial charge in [0, 0.05) is 42.3 Å². The van der Waals surface area contributed by atoms with E-state index in [4.69, 9.17) is 0 Å². The van der Waals surface area contributed by atoms with Gasteiger partial charge in [-0.15, -0.1) is 5.10 Å². The zero-order valence-electron chi connectivity index (χ0n) is 16.2. The summed E-state index contributed by atoms with van der Waals surface area (Å²) in [4.78, 5) is 22.5. The number of hydrogen-bond acceptors (Lipinski definition) is 6. The quantitative estimate of drug-likeness (QED) is 0.490. The molecule has 146 valence electrons. The van der Waals surface area contributed by atoms with Crippen LogP contribution in [0, 0.1) is 6.92 Å². The van der Waals surface area contributed by atoms with Gasteiger partial charge in [-0.05, 0) is 38.0 Å². The van der Waals surface area contributed by atoms with Gasteiger partial charge < -0.3 is 9.30 Å². The van der Waals surface area contributed by atoms with E-state index in [0.29, 0.717) is 12.1 Å². The van der Waals surface area contributed by atoms with Gasteiger partial charge in [-0.25, -0.2) is 9.67 Å². The second-order valence-electron chi connectivity index (χ2n) is 7.40. The summed E-state index contributed by atoms with van der Waals surface area (Å²) in [7, 11) is 0. The van der Waals surface area contributed by atoms with Crippen molar-refractivity contribution in [2.75, 3.05) is 18.0 Å². The van der Waals surface area contributed by atoms with Crippen molar-refractivity contribution in [3.05, 3.63) is 59.9 Å². The third kappa shape index (κ3) is 3.37. The first-order valence-electron chi connectivity index (χ1n) is 9.74. The molecule has 1 fully saturated rings. The minimum atomic E-state index is 0.503. The molecule has 5 rings (SSSR count). The SMILES string of the molecule is Cc1ncc(N2CCCC2)cc1-c1cn(Cc2cn3cc(C=O)ccc3n2)nn1. The number of hydrogen-bond donors (Lipinski definition) is 0. The van der Waals surface area contributed by atoms with E-state index >= 15 is 0 Å². The van der Waals surface area contributed by atoms with Crippen LogP contribution in [0.1, 0.15) is 34.6 Å². The van der Waals surface area contributed by atoms with Crippen molar-refractivity contribution in [1.29, 1.82) is 0 Å². The maximum absolute atomic E-state index is 11.0. The maximum Gasteiger partial charge on any atom is 0.151 e. The smallest absolute Gasteiger partial charge is 0.151 e. The van der Waals surface area contributed by atoms with Crippen LogP contribution in [0.3, 0.4) is 0 Å². The number of nitrogens with zero attached hydrogens (tertiary/aromatic N) is 7. The molecule has 1 saturated heterocycles. The van der Waals surface area contributed by atoms with E-state index in [0.717, 1.165) is 53.4 Å². The van der Waals surface area contributed by atoms with Gasteiger partial charge in [0.15, 0.2) is 6.29 Å². The van der Waals surface area contributed by atoms with Gasteiger partial charge in [0.2, 0.25) is 0 Å². The highest BCUT2D eigenvalue weighted by atomic mass is 16.1. The van der Waals surface area contributed by atoms with Crippen LogP contribution in [0.5, 0.6) is 0 Å². The number of carbonyl (C=O) groups excluding carboxylic acids is 1. The monoisotopic (exact) mass is 387 g/mol. The van der Waals surface area contributed by atoms with Crippen molar-refractivity contribution in [1.82, 2.24) is 29.4 Å². The van der Waals surface area contributed by atoms with Gasteiger partial charge in [0.1, 0.15) is 11.3 Å². The van der Waals surface area contributed by atoms with E-state index in [-0.39, 0.29) is 0 Å². The molecule has 0 amide bonds. The highest BCUT2D eigenvalue weighted by Crippen LogP contribution is 2.27. The fourth-order valence-corrected chi connectivity index (χ4v) is 3.80.